The normalized spacial score (nSPS) is 10.6. The summed E-state index contributed by atoms with van der Waals surface area (Å²) in [6.07, 6.45) is 4.25. The number of nitrogens with one attached hydrogen (secondary N) is 2. The highest BCUT2D eigenvalue weighted by molar-refractivity contribution is 6.42. The number of nitrogens with zero attached hydrogens (tertiary/aromatic N) is 1. The van der Waals surface area contributed by atoms with Gasteiger partial charge in [0, 0.05) is 31.2 Å². The van der Waals surface area contributed by atoms with E-state index in [1.165, 1.54) is 0 Å². The van der Waals surface area contributed by atoms with Crippen LogP contribution in [0, 0.1) is 0 Å². The van der Waals surface area contributed by atoms with Gasteiger partial charge in [0.1, 0.15) is 12.5 Å². The first-order chi connectivity index (χ1) is 13.6. The molecule has 3 rings (SSSR count). The lowest BCUT2D eigenvalue weighted by atomic mass is 10.1. The molecule has 2 N–H and O–H groups in total. The molecule has 0 unspecified atom stereocenters. The van der Waals surface area contributed by atoms with Crippen molar-refractivity contribution >= 4 is 29.1 Å². The molecule has 5 nitrogen and oxygen atoms in total. The van der Waals surface area contributed by atoms with Crippen LogP contribution in [0.25, 0.3) is 5.69 Å². The topological polar surface area (TPSA) is 55.3 Å². The monoisotopic (exact) mass is 417 g/mol. The maximum Gasteiger partial charge on any atom is 0.224 e. The van der Waals surface area contributed by atoms with E-state index >= 15 is 0 Å². The highest BCUT2D eigenvalue weighted by Gasteiger charge is 2.05. The van der Waals surface area contributed by atoms with E-state index in [0.717, 1.165) is 17.0 Å². The third kappa shape index (κ3) is 6.02. The van der Waals surface area contributed by atoms with Gasteiger partial charge in [0.15, 0.2) is 0 Å². The number of hydrogen-bond acceptors (Lipinski definition) is 3. The molecule has 0 saturated heterocycles. The Morgan fingerprint density at radius 1 is 0.964 bits per heavy atom. The minimum absolute atomic E-state index is 0.0679. The molecular weight excluding hydrogens is 397 g/mol. The van der Waals surface area contributed by atoms with Gasteiger partial charge < -0.3 is 14.6 Å². The smallest absolute Gasteiger partial charge is 0.224 e. The van der Waals surface area contributed by atoms with E-state index in [2.05, 4.69) is 10.6 Å². The number of carbonyl (C=O) groups is 1. The minimum atomic E-state index is -0.0679. The van der Waals surface area contributed by atoms with Crippen molar-refractivity contribution in [3.05, 3.63) is 82.6 Å². The summed E-state index contributed by atoms with van der Waals surface area (Å²) in [4.78, 5) is 11.9. The zero-order chi connectivity index (χ0) is 19.8. The number of carbonyl (C=O) groups excluding carboxylic acids is 1. The number of aromatic nitrogens is 1. The molecule has 2 aromatic carbocycles. The summed E-state index contributed by atoms with van der Waals surface area (Å²) in [5.41, 5.74) is 1.90. The predicted octanol–water partition coefficient (Wildman–Crippen LogP) is 4.07. The van der Waals surface area contributed by atoms with E-state index in [0.29, 0.717) is 29.9 Å². The van der Waals surface area contributed by atoms with Crippen molar-refractivity contribution in [3.63, 3.8) is 0 Å². The zero-order valence-corrected chi connectivity index (χ0v) is 16.7. The summed E-state index contributed by atoms with van der Waals surface area (Å²) in [5.74, 6) is 0.716. The van der Waals surface area contributed by atoms with Gasteiger partial charge in [-0.15, -0.1) is 0 Å². The van der Waals surface area contributed by atoms with Gasteiger partial charge in [-0.25, -0.2) is 0 Å². The number of ether oxygens (including phenoxy) is 1. The van der Waals surface area contributed by atoms with Crippen molar-refractivity contribution in [2.24, 2.45) is 0 Å². The van der Waals surface area contributed by atoms with E-state index in [-0.39, 0.29) is 12.3 Å². The summed E-state index contributed by atoms with van der Waals surface area (Å²) in [6, 6.07) is 17.0. The third-order valence-electron chi connectivity index (χ3n) is 4.05. The van der Waals surface area contributed by atoms with E-state index in [9.17, 15) is 4.79 Å². The Hall–Kier alpha value is -2.47. The lowest BCUT2D eigenvalue weighted by Crippen LogP contribution is -2.34. The van der Waals surface area contributed by atoms with Crippen LogP contribution in [0.2, 0.25) is 10.0 Å². The van der Waals surface area contributed by atoms with Gasteiger partial charge in [-0.1, -0.05) is 29.3 Å². The van der Waals surface area contributed by atoms with Crippen LogP contribution in [0.1, 0.15) is 5.56 Å². The van der Waals surface area contributed by atoms with Crippen LogP contribution in [0.3, 0.4) is 0 Å². The van der Waals surface area contributed by atoms with Crippen LogP contribution in [0.5, 0.6) is 5.75 Å². The molecule has 0 fully saturated rings. The van der Waals surface area contributed by atoms with E-state index in [1.807, 2.05) is 53.4 Å². The molecule has 0 aliphatic rings. The molecule has 1 amide bonds. The Labute approximate surface area is 174 Å². The summed E-state index contributed by atoms with van der Waals surface area (Å²) in [7, 11) is 0. The molecule has 0 aliphatic carbocycles. The Kier molecular flexibility index (Phi) is 7.37. The number of amides is 1. The van der Waals surface area contributed by atoms with Crippen LogP contribution in [0.4, 0.5) is 0 Å². The Morgan fingerprint density at radius 3 is 2.43 bits per heavy atom. The molecule has 28 heavy (non-hydrogen) atoms. The SMILES string of the molecule is O=C(Cc1ccc(Cl)c(Cl)c1)NCCNCOc1ccc(-n2cccc2)cc1. The van der Waals surface area contributed by atoms with Crippen molar-refractivity contribution < 1.29 is 9.53 Å². The lowest BCUT2D eigenvalue weighted by Gasteiger charge is -2.10. The quantitative estimate of drug-likeness (QED) is 0.407. The molecule has 0 spiro atoms. The first-order valence-electron chi connectivity index (χ1n) is 8.89. The van der Waals surface area contributed by atoms with Crippen molar-refractivity contribution in [2.75, 3.05) is 19.8 Å². The Balaban J connectivity index is 1.30. The number of rotatable bonds is 9. The molecular formula is C21H21Cl2N3O2. The van der Waals surface area contributed by atoms with Crippen molar-refractivity contribution in [1.82, 2.24) is 15.2 Å². The van der Waals surface area contributed by atoms with Crippen molar-refractivity contribution in [2.45, 2.75) is 6.42 Å². The first kappa shape index (κ1) is 20.3. The van der Waals surface area contributed by atoms with E-state index in [4.69, 9.17) is 27.9 Å². The second-order valence-corrected chi connectivity index (χ2v) is 6.96. The molecule has 1 heterocycles. The lowest BCUT2D eigenvalue weighted by molar-refractivity contribution is -0.120. The second-order valence-electron chi connectivity index (χ2n) is 6.15. The number of benzene rings is 2. The third-order valence-corrected chi connectivity index (χ3v) is 4.79. The van der Waals surface area contributed by atoms with Gasteiger partial charge in [-0.2, -0.15) is 0 Å². The van der Waals surface area contributed by atoms with Crippen molar-refractivity contribution in [3.8, 4) is 11.4 Å². The maximum absolute atomic E-state index is 11.9. The van der Waals surface area contributed by atoms with E-state index in [1.54, 1.807) is 18.2 Å². The molecule has 146 valence electrons. The fourth-order valence-corrected chi connectivity index (χ4v) is 2.94. The maximum atomic E-state index is 11.9. The summed E-state index contributed by atoms with van der Waals surface area (Å²) < 4.78 is 7.68. The molecule has 1 aromatic heterocycles. The van der Waals surface area contributed by atoms with Gasteiger partial charge in [-0.05, 0) is 54.1 Å². The van der Waals surface area contributed by atoms with Gasteiger partial charge in [-0.3, -0.25) is 10.1 Å². The van der Waals surface area contributed by atoms with Crippen LogP contribution < -0.4 is 15.4 Å². The predicted molar refractivity (Wildman–Crippen MR) is 112 cm³/mol. The fraction of sp³-hybridized carbons (Fsp3) is 0.190. The summed E-state index contributed by atoms with van der Waals surface area (Å²) in [5, 5.41) is 6.91. The molecule has 7 heteroatoms. The van der Waals surface area contributed by atoms with Gasteiger partial charge in [0.25, 0.3) is 0 Å². The number of hydrogen-bond donors (Lipinski definition) is 2. The van der Waals surface area contributed by atoms with Gasteiger partial charge >= 0.3 is 0 Å². The number of halogens is 2. The van der Waals surface area contributed by atoms with Crippen LogP contribution in [-0.4, -0.2) is 30.3 Å². The van der Waals surface area contributed by atoms with Crippen LogP contribution in [0.15, 0.2) is 67.0 Å². The second kappa shape index (κ2) is 10.2. The summed E-state index contributed by atoms with van der Waals surface area (Å²) >= 11 is 11.8. The average Bonchev–Trinajstić information content (AvgIpc) is 3.23. The Bertz CT molecular complexity index is 897. The van der Waals surface area contributed by atoms with Crippen molar-refractivity contribution in [1.29, 1.82) is 0 Å². The minimum Gasteiger partial charge on any atom is -0.478 e. The zero-order valence-electron chi connectivity index (χ0n) is 15.2. The molecule has 0 bridgehead atoms. The molecule has 0 radical (unpaired) electrons. The first-order valence-corrected chi connectivity index (χ1v) is 9.65. The molecule has 0 aliphatic heterocycles. The van der Waals surface area contributed by atoms with Crippen LogP contribution >= 0.6 is 23.2 Å². The van der Waals surface area contributed by atoms with Gasteiger partial charge in [0.2, 0.25) is 5.91 Å². The fourth-order valence-electron chi connectivity index (χ4n) is 2.62. The summed E-state index contributed by atoms with van der Waals surface area (Å²) in [6.45, 7) is 1.48. The molecule has 3 aromatic rings. The Morgan fingerprint density at radius 2 is 1.71 bits per heavy atom. The molecule has 0 atom stereocenters. The standard InChI is InChI=1S/C21H21Cl2N3O2/c22-19-8-3-16(13-20(19)23)14-21(27)25-10-9-24-15-28-18-6-4-17(5-7-18)26-11-1-2-12-26/h1-8,11-13,24H,9-10,14-15H2,(H,25,27). The largest absolute Gasteiger partial charge is 0.478 e. The highest BCUT2D eigenvalue weighted by atomic mass is 35.5. The van der Waals surface area contributed by atoms with E-state index < -0.39 is 0 Å². The molecule has 0 saturated carbocycles. The van der Waals surface area contributed by atoms with Crippen LogP contribution in [-0.2, 0) is 11.2 Å². The average molecular weight is 418 g/mol. The van der Waals surface area contributed by atoms with Gasteiger partial charge in [0.05, 0.1) is 16.5 Å². The highest BCUT2D eigenvalue weighted by Crippen LogP contribution is 2.22.